The molecule has 0 saturated carbocycles. The zero-order valence-corrected chi connectivity index (χ0v) is 14.2. The molecule has 0 aliphatic rings. The van der Waals surface area contributed by atoms with Gasteiger partial charge in [0.1, 0.15) is 0 Å². The first-order valence-corrected chi connectivity index (χ1v) is 8.11. The first-order chi connectivity index (χ1) is 9.18. The van der Waals surface area contributed by atoms with E-state index in [4.69, 9.17) is 5.11 Å². The van der Waals surface area contributed by atoms with Crippen molar-refractivity contribution in [2.45, 2.75) is 79.6 Å². The van der Waals surface area contributed by atoms with Gasteiger partial charge in [0.05, 0.1) is 6.42 Å². The number of nitrogens with one attached hydrogen (secondary N) is 1. The summed E-state index contributed by atoms with van der Waals surface area (Å²) >= 11 is 0. The lowest BCUT2D eigenvalue weighted by Crippen LogP contribution is -2.34. The summed E-state index contributed by atoms with van der Waals surface area (Å²) < 4.78 is 0. The van der Waals surface area contributed by atoms with Gasteiger partial charge in [-0.25, -0.2) is 0 Å². The number of hydrogen-bond donors (Lipinski definition) is 2. The van der Waals surface area contributed by atoms with Crippen LogP contribution in [-0.4, -0.2) is 24.2 Å². The van der Waals surface area contributed by atoms with E-state index in [9.17, 15) is 4.79 Å². The number of carboxylic acids is 1. The van der Waals surface area contributed by atoms with Gasteiger partial charge in [-0.3, -0.25) is 4.79 Å². The first kappa shape index (κ1) is 19.4. The maximum Gasteiger partial charge on any atom is 0.303 e. The molecule has 0 aromatic rings. The van der Waals surface area contributed by atoms with E-state index in [1.807, 2.05) is 13.8 Å². The first-order valence-electron chi connectivity index (χ1n) is 8.11. The largest absolute Gasteiger partial charge is 0.481 e. The van der Waals surface area contributed by atoms with Crippen LogP contribution in [0.4, 0.5) is 0 Å². The van der Waals surface area contributed by atoms with E-state index in [1.165, 1.54) is 32.1 Å². The van der Waals surface area contributed by atoms with Gasteiger partial charge in [0.25, 0.3) is 0 Å². The molecule has 0 amide bonds. The van der Waals surface area contributed by atoms with E-state index in [2.05, 4.69) is 26.1 Å². The molecule has 20 heavy (non-hydrogen) atoms. The predicted molar refractivity (Wildman–Crippen MR) is 86.1 cm³/mol. The Morgan fingerprint density at radius 3 is 2.15 bits per heavy atom. The lowest BCUT2D eigenvalue weighted by atomic mass is 9.73. The zero-order chi connectivity index (χ0) is 15.6. The minimum absolute atomic E-state index is 0.141. The summed E-state index contributed by atoms with van der Waals surface area (Å²) in [4.78, 5) is 10.9. The summed E-state index contributed by atoms with van der Waals surface area (Å²) in [7, 11) is 0. The molecule has 0 aromatic carbocycles. The fourth-order valence-electron chi connectivity index (χ4n) is 3.11. The number of unbranched alkanes of at least 4 members (excludes halogenated alkanes) is 4. The number of carboxylic acid groups (broad SMARTS) is 1. The second-order valence-corrected chi connectivity index (χ2v) is 7.67. The van der Waals surface area contributed by atoms with Gasteiger partial charge >= 0.3 is 5.97 Å². The van der Waals surface area contributed by atoms with Crippen molar-refractivity contribution in [2.24, 2.45) is 10.8 Å². The van der Waals surface area contributed by atoms with Crippen LogP contribution in [0.2, 0.25) is 0 Å². The molecule has 120 valence electrons. The van der Waals surface area contributed by atoms with Gasteiger partial charge < -0.3 is 10.4 Å². The summed E-state index contributed by atoms with van der Waals surface area (Å²) in [5.74, 6) is -0.699. The van der Waals surface area contributed by atoms with Crippen molar-refractivity contribution in [2.75, 3.05) is 13.1 Å². The third-order valence-electron chi connectivity index (χ3n) is 3.65. The molecule has 0 aromatic heterocycles. The lowest BCUT2D eigenvalue weighted by molar-refractivity contribution is -0.139. The Kier molecular flexibility index (Phi) is 9.11. The van der Waals surface area contributed by atoms with Gasteiger partial charge in [-0.05, 0) is 30.2 Å². The molecule has 0 saturated heterocycles. The van der Waals surface area contributed by atoms with Crippen LogP contribution in [0.3, 0.4) is 0 Å². The Hall–Kier alpha value is -0.570. The van der Waals surface area contributed by atoms with Gasteiger partial charge in [0, 0.05) is 6.54 Å². The maximum atomic E-state index is 10.9. The van der Waals surface area contributed by atoms with Crippen molar-refractivity contribution in [1.82, 2.24) is 5.32 Å². The van der Waals surface area contributed by atoms with Crippen LogP contribution >= 0.6 is 0 Å². The molecule has 3 heteroatoms. The summed E-state index contributed by atoms with van der Waals surface area (Å²) in [5, 5.41) is 12.5. The summed E-state index contributed by atoms with van der Waals surface area (Å²) in [5.41, 5.74) is 0.000504. The molecule has 0 bridgehead atoms. The smallest absolute Gasteiger partial charge is 0.303 e. The zero-order valence-electron chi connectivity index (χ0n) is 14.2. The predicted octanol–water partition coefficient (Wildman–Crippen LogP) is 4.46. The Morgan fingerprint density at radius 1 is 1.00 bits per heavy atom. The highest BCUT2D eigenvalue weighted by atomic mass is 16.4. The average molecular weight is 285 g/mol. The molecule has 3 nitrogen and oxygen atoms in total. The molecule has 0 unspecified atom stereocenters. The van der Waals surface area contributed by atoms with E-state index in [1.54, 1.807) is 0 Å². The Morgan fingerprint density at radius 2 is 1.60 bits per heavy atom. The van der Waals surface area contributed by atoms with Crippen LogP contribution in [-0.2, 0) is 4.79 Å². The topological polar surface area (TPSA) is 49.3 Å². The van der Waals surface area contributed by atoms with Crippen LogP contribution in [0.25, 0.3) is 0 Å². The second-order valence-electron chi connectivity index (χ2n) is 7.67. The highest BCUT2D eigenvalue weighted by molar-refractivity contribution is 5.67. The molecule has 0 fully saturated rings. The molecule has 0 radical (unpaired) electrons. The van der Waals surface area contributed by atoms with Gasteiger partial charge in [0.2, 0.25) is 0 Å². The van der Waals surface area contributed by atoms with Gasteiger partial charge in [-0.15, -0.1) is 0 Å². The number of carbonyl (C=O) groups is 1. The summed E-state index contributed by atoms with van der Waals surface area (Å²) in [6.45, 7) is 12.8. The highest BCUT2D eigenvalue weighted by Gasteiger charge is 2.30. The fraction of sp³-hybridized carbons (Fsp3) is 0.941. The van der Waals surface area contributed by atoms with Gasteiger partial charge in [-0.2, -0.15) is 0 Å². The summed E-state index contributed by atoms with van der Waals surface area (Å²) in [6.07, 6.45) is 7.70. The molecule has 2 N–H and O–H groups in total. The minimum atomic E-state index is -0.699. The van der Waals surface area contributed by atoms with Crippen molar-refractivity contribution in [1.29, 1.82) is 0 Å². The average Bonchev–Trinajstić information content (AvgIpc) is 2.24. The Labute approximate surface area is 125 Å². The van der Waals surface area contributed by atoms with Crippen molar-refractivity contribution in [3.63, 3.8) is 0 Å². The molecule has 0 spiro atoms. The van der Waals surface area contributed by atoms with Gasteiger partial charge in [-0.1, -0.05) is 60.3 Å². The quantitative estimate of drug-likeness (QED) is 0.520. The minimum Gasteiger partial charge on any atom is -0.481 e. The third-order valence-corrected chi connectivity index (χ3v) is 3.65. The molecule has 0 aliphatic carbocycles. The molecular weight excluding hydrogens is 250 g/mol. The molecular formula is C17H35NO2. The van der Waals surface area contributed by atoms with Crippen LogP contribution in [0.15, 0.2) is 0 Å². The van der Waals surface area contributed by atoms with E-state index < -0.39 is 5.97 Å². The molecule has 0 aliphatic heterocycles. The second kappa shape index (κ2) is 9.38. The molecule has 0 rings (SSSR count). The third kappa shape index (κ3) is 11.3. The Balaban J connectivity index is 3.86. The number of aliphatic carboxylic acids is 1. The van der Waals surface area contributed by atoms with Crippen LogP contribution in [0, 0.1) is 10.8 Å². The van der Waals surface area contributed by atoms with Crippen LogP contribution < -0.4 is 5.32 Å². The molecule has 0 atom stereocenters. The van der Waals surface area contributed by atoms with Crippen molar-refractivity contribution in [3.05, 3.63) is 0 Å². The summed E-state index contributed by atoms with van der Waals surface area (Å²) in [6, 6.07) is 0. The monoisotopic (exact) mass is 285 g/mol. The van der Waals surface area contributed by atoms with Crippen molar-refractivity contribution in [3.8, 4) is 0 Å². The van der Waals surface area contributed by atoms with Crippen molar-refractivity contribution >= 4 is 5.97 Å². The van der Waals surface area contributed by atoms with E-state index in [0.717, 1.165) is 19.5 Å². The molecule has 0 heterocycles. The van der Waals surface area contributed by atoms with Crippen molar-refractivity contribution < 1.29 is 9.90 Å². The van der Waals surface area contributed by atoms with E-state index >= 15 is 0 Å². The normalized spacial score (nSPS) is 12.7. The van der Waals surface area contributed by atoms with E-state index in [0.29, 0.717) is 0 Å². The Bertz CT molecular complexity index is 272. The standard InChI is InChI=1S/C17H35NO2/c1-6-7-8-9-10-11-18-14-17(4,5)13-16(2,3)12-15(19)20/h18H,6-14H2,1-5H3,(H,19,20). The lowest BCUT2D eigenvalue weighted by Gasteiger charge is -2.34. The van der Waals surface area contributed by atoms with Crippen LogP contribution in [0.1, 0.15) is 79.6 Å². The maximum absolute atomic E-state index is 10.9. The SMILES string of the molecule is CCCCCCCNCC(C)(C)CC(C)(C)CC(=O)O. The highest BCUT2D eigenvalue weighted by Crippen LogP contribution is 2.35. The van der Waals surface area contributed by atoms with E-state index in [-0.39, 0.29) is 17.3 Å². The number of hydrogen-bond acceptors (Lipinski definition) is 2. The van der Waals surface area contributed by atoms with Crippen LogP contribution in [0.5, 0.6) is 0 Å². The fourth-order valence-corrected chi connectivity index (χ4v) is 3.11. The van der Waals surface area contributed by atoms with Gasteiger partial charge in [0.15, 0.2) is 0 Å². The number of rotatable bonds is 12.